The van der Waals surface area contributed by atoms with Crippen LogP contribution >= 0.6 is 23.2 Å². The van der Waals surface area contributed by atoms with Gasteiger partial charge >= 0.3 is 0 Å². The minimum Gasteiger partial charge on any atom is -0.353 e. The van der Waals surface area contributed by atoms with Crippen LogP contribution in [0.1, 0.15) is 31.2 Å². The van der Waals surface area contributed by atoms with Crippen molar-refractivity contribution in [1.29, 1.82) is 0 Å². The van der Waals surface area contributed by atoms with E-state index in [4.69, 9.17) is 23.2 Å². The molecule has 20 heavy (non-hydrogen) atoms. The van der Waals surface area contributed by atoms with Crippen LogP contribution in [0.15, 0.2) is 18.2 Å². The van der Waals surface area contributed by atoms with Crippen LogP contribution in [0.2, 0.25) is 10.0 Å². The molecule has 1 aliphatic carbocycles. The molecule has 2 N–H and O–H groups in total. The summed E-state index contributed by atoms with van der Waals surface area (Å²) in [6.07, 6.45) is 4.67. The van der Waals surface area contributed by atoms with E-state index in [0.29, 0.717) is 28.5 Å². The number of hydrogen-bond acceptors (Lipinski definition) is 2. The molecule has 0 aliphatic heterocycles. The quantitative estimate of drug-likeness (QED) is 0.896. The molecule has 110 valence electrons. The van der Waals surface area contributed by atoms with Gasteiger partial charge in [0.2, 0.25) is 5.91 Å². The van der Waals surface area contributed by atoms with Gasteiger partial charge < -0.3 is 10.6 Å². The number of halogens is 2. The molecular weight excluding hydrogens is 295 g/mol. The largest absolute Gasteiger partial charge is 0.353 e. The molecule has 0 bridgehead atoms. The molecule has 1 aromatic rings. The fourth-order valence-electron chi connectivity index (χ4n) is 2.64. The topological polar surface area (TPSA) is 41.1 Å². The van der Waals surface area contributed by atoms with Gasteiger partial charge in [0, 0.05) is 12.1 Å². The molecule has 0 unspecified atom stereocenters. The Bertz CT molecular complexity index is 471. The Balaban J connectivity index is 1.82. The predicted octanol–water partition coefficient (Wildman–Crippen LogP) is 3.18. The third-order valence-corrected chi connectivity index (χ3v) is 4.59. The summed E-state index contributed by atoms with van der Waals surface area (Å²) < 4.78 is 0. The van der Waals surface area contributed by atoms with Crippen molar-refractivity contribution in [3.8, 4) is 0 Å². The SMILES string of the molecule is CNC1CCC(NC(=O)Cc2ccc(Cl)c(Cl)c2)CC1. The average Bonchev–Trinajstić information content (AvgIpc) is 2.44. The first kappa shape index (κ1) is 15.6. The van der Waals surface area contributed by atoms with E-state index in [9.17, 15) is 4.79 Å². The monoisotopic (exact) mass is 314 g/mol. The van der Waals surface area contributed by atoms with Gasteiger partial charge in [-0.2, -0.15) is 0 Å². The van der Waals surface area contributed by atoms with E-state index >= 15 is 0 Å². The second-order valence-electron chi connectivity index (χ2n) is 5.33. The summed E-state index contributed by atoms with van der Waals surface area (Å²) in [7, 11) is 1.99. The van der Waals surface area contributed by atoms with Gasteiger partial charge in [-0.25, -0.2) is 0 Å². The zero-order valence-electron chi connectivity index (χ0n) is 11.6. The fraction of sp³-hybridized carbons (Fsp3) is 0.533. The van der Waals surface area contributed by atoms with E-state index in [1.165, 1.54) is 0 Å². The maximum Gasteiger partial charge on any atom is 0.224 e. The summed E-state index contributed by atoms with van der Waals surface area (Å²) >= 11 is 11.8. The molecule has 0 heterocycles. The molecule has 1 saturated carbocycles. The Morgan fingerprint density at radius 2 is 1.80 bits per heavy atom. The molecule has 0 radical (unpaired) electrons. The second kappa shape index (κ2) is 7.30. The third kappa shape index (κ3) is 4.37. The first-order valence-corrected chi connectivity index (χ1v) is 7.74. The van der Waals surface area contributed by atoms with Crippen LogP contribution in [0.25, 0.3) is 0 Å². The number of nitrogens with one attached hydrogen (secondary N) is 2. The molecule has 0 aromatic heterocycles. The van der Waals surface area contributed by atoms with E-state index in [1.807, 2.05) is 13.1 Å². The van der Waals surface area contributed by atoms with Crippen molar-refractivity contribution >= 4 is 29.1 Å². The fourth-order valence-corrected chi connectivity index (χ4v) is 2.96. The standard InChI is InChI=1S/C15H20Cl2N2O/c1-18-11-3-5-12(6-4-11)19-15(20)9-10-2-7-13(16)14(17)8-10/h2,7-8,11-12,18H,3-6,9H2,1H3,(H,19,20). The summed E-state index contributed by atoms with van der Waals surface area (Å²) in [6, 6.07) is 6.21. The van der Waals surface area contributed by atoms with Crippen molar-refractivity contribution in [2.24, 2.45) is 0 Å². The highest BCUT2D eigenvalue weighted by Gasteiger charge is 2.21. The van der Waals surface area contributed by atoms with Gasteiger partial charge in [-0.05, 0) is 50.4 Å². The van der Waals surface area contributed by atoms with Gasteiger partial charge in [0.05, 0.1) is 16.5 Å². The van der Waals surface area contributed by atoms with E-state index in [2.05, 4.69) is 10.6 Å². The normalized spacial score (nSPS) is 22.6. The molecule has 0 spiro atoms. The van der Waals surface area contributed by atoms with Crippen LogP contribution in [0.4, 0.5) is 0 Å². The molecule has 1 aromatic carbocycles. The summed E-state index contributed by atoms with van der Waals surface area (Å²) in [6.45, 7) is 0. The molecule has 5 heteroatoms. The average molecular weight is 315 g/mol. The molecule has 0 saturated heterocycles. The van der Waals surface area contributed by atoms with Crippen molar-refractivity contribution in [3.63, 3.8) is 0 Å². The van der Waals surface area contributed by atoms with Gasteiger partial charge in [-0.3, -0.25) is 4.79 Å². The van der Waals surface area contributed by atoms with Crippen molar-refractivity contribution < 1.29 is 4.79 Å². The van der Waals surface area contributed by atoms with Gasteiger partial charge in [0.1, 0.15) is 0 Å². The smallest absolute Gasteiger partial charge is 0.224 e. The second-order valence-corrected chi connectivity index (χ2v) is 6.14. The molecule has 3 nitrogen and oxygen atoms in total. The van der Waals surface area contributed by atoms with Crippen molar-refractivity contribution in [1.82, 2.24) is 10.6 Å². The zero-order valence-corrected chi connectivity index (χ0v) is 13.1. The van der Waals surface area contributed by atoms with Crippen LogP contribution in [0.5, 0.6) is 0 Å². The molecule has 1 fully saturated rings. The first-order valence-electron chi connectivity index (χ1n) is 6.99. The van der Waals surface area contributed by atoms with Crippen LogP contribution in [0, 0.1) is 0 Å². The van der Waals surface area contributed by atoms with Crippen LogP contribution in [0.3, 0.4) is 0 Å². The van der Waals surface area contributed by atoms with E-state index < -0.39 is 0 Å². The van der Waals surface area contributed by atoms with Crippen molar-refractivity contribution in [2.45, 2.75) is 44.2 Å². The van der Waals surface area contributed by atoms with Crippen LogP contribution < -0.4 is 10.6 Å². The molecular formula is C15H20Cl2N2O. The minimum absolute atomic E-state index is 0.0521. The Morgan fingerprint density at radius 1 is 1.15 bits per heavy atom. The maximum absolute atomic E-state index is 12.0. The van der Waals surface area contributed by atoms with Gasteiger partial charge in [-0.15, -0.1) is 0 Å². The molecule has 1 aliphatic rings. The Labute approximate surface area is 130 Å². The van der Waals surface area contributed by atoms with Crippen molar-refractivity contribution in [2.75, 3.05) is 7.05 Å². The summed E-state index contributed by atoms with van der Waals surface area (Å²) in [5, 5.41) is 7.40. The lowest BCUT2D eigenvalue weighted by atomic mass is 9.91. The zero-order chi connectivity index (χ0) is 14.5. The summed E-state index contributed by atoms with van der Waals surface area (Å²) in [5.74, 6) is 0.0521. The van der Waals surface area contributed by atoms with Crippen molar-refractivity contribution in [3.05, 3.63) is 33.8 Å². The van der Waals surface area contributed by atoms with E-state index in [0.717, 1.165) is 31.2 Å². The molecule has 1 amide bonds. The maximum atomic E-state index is 12.0. The highest BCUT2D eigenvalue weighted by Crippen LogP contribution is 2.23. The lowest BCUT2D eigenvalue weighted by molar-refractivity contribution is -0.121. The van der Waals surface area contributed by atoms with Gasteiger partial charge in [0.15, 0.2) is 0 Å². The van der Waals surface area contributed by atoms with E-state index in [1.54, 1.807) is 12.1 Å². The number of amides is 1. The number of rotatable bonds is 4. The minimum atomic E-state index is 0.0521. The lowest BCUT2D eigenvalue weighted by Gasteiger charge is -2.28. The number of benzene rings is 1. The lowest BCUT2D eigenvalue weighted by Crippen LogP contribution is -2.41. The van der Waals surface area contributed by atoms with Crippen LogP contribution in [-0.2, 0) is 11.2 Å². The first-order chi connectivity index (χ1) is 9.58. The Hall–Kier alpha value is -0.770. The van der Waals surface area contributed by atoms with Gasteiger partial charge in [-0.1, -0.05) is 29.3 Å². The Kier molecular flexibility index (Phi) is 5.70. The van der Waals surface area contributed by atoms with Gasteiger partial charge in [0.25, 0.3) is 0 Å². The third-order valence-electron chi connectivity index (χ3n) is 3.85. The Morgan fingerprint density at radius 3 is 2.40 bits per heavy atom. The molecule has 0 atom stereocenters. The van der Waals surface area contributed by atoms with Crippen LogP contribution in [-0.4, -0.2) is 25.0 Å². The predicted molar refractivity (Wildman–Crippen MR) is 83.4 cm³/mol. The number of carbonyl (C=O) groups is 1. The highest BCUT2D eigenvalue weighted by atomic mass is 35.5. The number of carbonyl (C=O) groups excluding carboxylic acids is 1. The highest BCUT2D eigenvalue weighted by molar-refractivity contribution is 6.42. The molecule has 2 rings (SSSR count). The summed E-state index contributed by atoms with van der Waals surface area (Å²) in [4.78, 5) is 12.0. The number of hydrogen-bond donors (Lipinski definition) is 2. The summed E-state index contributed by atoms with van der Waals surface area (Å²) in [5.41, 5.74) is 0.890. The van der Waals surface area contributed by atoms with E-state index in [-0.39, 0.29) is 5.91 Å².